The van der Waals surface area contributed by atoms with Gasteiger partial charge in [0, 0.05) is 30.1 Å². The van der Waals surface area contributed by atoms with Crippen LogP contribution in [0.3, 0.4) is 0 Å². The van der Waals surface area contributed by atoms with E-state index in [4.69, 9.17) is 12.2 Å². The van der Waals surface area contributed by atoms with Gasteiger partial charge in [0.1, 0.15) is 10.7 Å². The zero-order valence-electron chi connectivity index (χ0n) is 15.8. The summed E-state index contributed by atoms with van der Waals surface area (Å²) in [7, 11) is 0. The molecule has 1 aromatic carbocycles. The van der Waals surface area contributed by atoms with Crippen molar-refractivity contribution in [2.24, 2.45) is 5.92 Å². The van der Waals surface area contributed by atoms with Gasteiger partial charge in [-0.2, -0.15) is 5.26 Å². The molecule has 140 valence electrons. The molecule has 2 aromatic rings. The van der Waals surface area contributed by atoms with Crippen molar-refractivity contribution in [1.82, 2.24) is 4.57 Å². The summed E-state index contributed by atoms with van der Waals surface area (Å²) in [6.07, 6.45) is 1.72. The van der Waals surface area contributed by atoms with E-state index in [2.05, 4.69) is 16.0 Å². The Hall–Kier alpha value is -2.49. The number of piperidine rings is 1. The third kappa shape index (κ3) is 4.44. The molecule has 0 aliphatic carbocycles. The monoisotopic (exact) mass is 381 g/mol. The Morgan fingerprint density at radius 2 is 1.96 bits per heavy atom. The summed E-state index contributed by atoms with van der Waals surface area (Å²) >= 11 is 5.54. The number of hydrogen-bond donors (Lipinski definition) is 2. The molecule has 3 rings (SSSR count). The first-order valence-corrected chi connectivity index (χ1v) is 9.71. The average Bonchev–Trinajstić information content (AvgIpc) is 2.66. The molecule has 5 nitrogen and oxygen atoms in total. The van der Waals surface area contributed by atoms with E-state index in [1.807, 2.05) is 50.2 Å². The highest BCUT2D eigenvalue weighted by Gasteiger charge is 2.28. The third-order valence-electron chi connectivity index (χ3n) is 5.30. The number of nitrogens with one attached hydrogen (secondary N) is 2. The first kappa shape index (κ1) is 19.3. The van der Waals surface area contributed by atoms with Gasteiger partial charge >= 0.3 is 0 Å². The van der Waals surface area contributed by atoms with Crippen molar-refractivity contribution < 1.29 is 9.69 Å². The van der Waals surface area contributed by atoms with Crippen LogP contribution in [0, 0.1) is 35.7 Å². The van der Waals surface area contributed by atoms with Gasteiger partial charge in [-0.3, -0.25) is 9.36 Å². The molecule has 0 unspecified atom stereocenters. The number of aryl methyl sites for hydroxylation is 2. The molecular formula is C21H25N4OS+. The van der Waals surface area contributed by atoms with Crippen LogP contribution >= 0.6 is 12.2 Å². The number of carbonyl (C=O) groups excluding carboxylic acids is 1. The van der Waals surface area contributed by atoms with Crippen LogP contribution in [-0.4, -0.2) is 23.6 Å². The second kappa shape index (κ2) is 8.47. The van der Waals surface area contributed by atoms with Gasteiger partial charge in [-0.1, -0.05) is 30.4 Å². The van der Waals surface area contributed by atoms with Gasteiger partial charge in [-0.05, 0) is 37.6 Å². The number of para-hydroxylation sites is 1. The number of nitriles is 1. The molecule has 0 spiro atoms. The van der Waals surface area contributed by atoms with Gasteiger partial charge < -0.3 is 10.2 Å². The van der Waals surface area contributed by atoms with Gasteiger partial charge in [-0.15, -0.1) is 0 Å². The fourth-order valence-electron chi connectivity index (χ4n) is 3.70. The maximum atomic E-state index is 12.5. The molecular weight excluding hydrogens is 356 g/mol. The average molecular weight is 382 g/mol. The zero-order chi connectivity index (χ0) is 19.4. The third-order valence-corrected chi connectivity index (χ3v) is 5.73. The van der Waals surface area contributed by atoms with Crippen LogP contribution in [0.4, 0.5) is 5.69 Å². The lowest BCUT2D eigenvalue weighted by Crippen LogP contribution is -3.12. The summed E-state index contributed by atoms with van der Waals surface area (Å²) in [5.74, 6) is 0.158. The predicted octanol–water partition coefficient (Wildman–Crippen LogP) is 2.60. The summed E-state index contributed by atoms with van der Waals surface area (Å²) < 4.78 is 2.67. The second-order valence-corrected chi connectivity index (χ2v) is 7.61. The number of quaternary nitrogens is 1. The summed E-state index contributed by atoms with van der Waals surface area (Å²) in [6, 6.07) is 13.8. The Labute approximate surface area is 165 Å². The standard InChI is InChI=1S/C21H24N4OS/c1-15-12-16(2)25(21(27)19(15)13-22)14-24-10-8-17(9-11-24)20(26)23-18-6-4-3-5-7-18/h3-7,12,17H,8-11,14H2,1-2H3,(H,23,26)/p+1. The molecule has 1 fully saturated rings. The number of rotatable bonds is 4. The molecule has 1 amide bonds. The molecule has 1 aliphatic heterocycles. The molecule has 2 N–H and O–H groups in total. The molecule has 0 atom stereocenters. The Morgan fingerprint density at radius 1 is 1.30 bits per heavy atom. The van der Waals surface area contributed by atoms with E-state index >= 15 is 0 Å². The van der Waals surface area contributed by atoms with Crippen molar-refractivity contribution in [3.8, 4) is 6.07 Å². The van der Waals surface area contributed by atoms with Gasteiger partial charge in [-0.25, -0.2) is 0 Å². The smallest absolute Gasteiger partial charge is 0.227 e. The lowest BCUT2D eigenvalue weighted by molar-refractivity contribution is -0.928. The molecule has 0 saturated carbocycles. The number of pyridine rings is 1. The minimum atomic E-state index is 0.0516. The first-order valence-electron chi connectivity index (χ1n) is 9.30. The van der Waals surface area contributed by atoms with Crippen molar-refractivity contribution in [3.05, 3.63) is 57.9 Å². The van der Waals surface area contributed by atoms with Crippen LogP contribution in [0.5, 0.6) is 0 Å². The lowest BCUT2D eigenvalue weighted by atomic mass is 9.96. The van der Waals surface area contributed by atoms with Crippen LogP contribution in [0.15, 0.2) is 36.4 Å². The number of amides is 1. The van der Waals surface area contributed by atoms with E-state index in [-0.39, 0.29) is 11.8 Å². The minimum absolute atomic E-state index is 0.0516. The Kier molecular flexibility index (Phi) is 6.04. The van der Waals surface area contributed by atoms with E-state index in [0.717, 1.165) is 49.5 Å². The van der Waals surface area contributed by atoms with Crippen LogP contribution < -0.4 is 10.2 Å². The Balaban J connectivity index is 1.61. The Bertz CT molecular complexity index is 922. The van der Waals surface area contributed by atoms with Crippen molar-refractivity contribution in [2.45, 2.75) is 33.4 Å². The molecule has 1 aromatic heterocycles. The van der Waals surface area contributed by atoms with Crippen LogP contribution in [0.2, 0.25) is 0 Å². The molecule has 6 heteroatoms. The maximum absolute atomic E-state index is 12.5. The van der Waals surface area contributed by atoms with E-state index in [9.17, 15) is 10.1 Å². The summed E-state index contributed by atoms with van der Waals surface area (Å²) in [5.41, 5.74) is 3.45. The highest BCUT2D eigenvalue weighted by Crippen LogP contribution is 2.15. The topological polar surface area (TPSA) is 62.3 Å². The van der Waals surface area contributed by atoms with E-state index in [1.165, 1.54) is 4.90 Å². The number of likely N-dealkylation sites (tertiary alicyclic amines) is 1. The summed E-state index contributed by atoms with van der Waals surface area (Å²) in [6.45, 7) is 6.54. The molecule has 0 radical (unpaired) electrons. The fraction of sp³-hybridized carbons (Fsp3) is 0.381. The SMILES string of the molecule is Cc1cc(C)n(C[NH+]2CCC(C(=O)Nc3ccccc3)CC2)c(=S)c1C#N. The lowest BCUT2D eigenvalue weighted by Gasteiger charge is -2.30. The quantitative estimate of drug-likeness (QED) is 0.801. The van der Waals surface area contributed by atoms with Crippen molar-refractivity contribution in [1.29, 1.82) is 5.26 Å². The van der Waals surface area contributed by atoms with Crippen LogP contribution in [0.25, 0.3) is 0 Å². The minimum Gasteiger partial charge on any atom is -0.326 e. The van der Waals surface area contributed by atoms with Crippen LogP contribution in [-0.2, 0) is 11.5 Å². The van der Waals surface area contributed by atoms with E-state index in [1.54, 1.807) is 0 Å². The van der Waals surface area contributed by atoms with E-state index in [0.29, 0.717) is 10.2 Å². The number of carbonyl (C=O) groups is 1. The second-order valence-electron chi connectivity index (χ2n) is 7.23. The van der Waals surface area contributed by atoms with Gasteiger partial charge in [0.15, 0.2) is 6.67 Å². The van der Waals surface area contributed by atoms with Gasteiger partial charge in [0.25, 0.3) is 0 Å². The summed E-state index contributed by atoms with van der Waals surface area (Å²) in [4.78, 5) is 13.9. The fourth-order valence-corrected chi connectivity index (χ4v) is 4.11. The number of aromatic nitrogens is 1. The summed E-state index contributed by atoms with van der Waals surface area (Å²) in [5, 5.41) is 12.4. The molecule has 0 bridgehead atoms. The number of anilines is 1. The largest absolute Gasteiger partial charge is 0.326 e. The molecule has 1 aliphatic rings. The van der Waals surface area contributed by atoms with Crippen molar-refractivity contribution in [3.63, 3.8) is 0 Å². The number of benzene rings is 1. The van der Waals surface area contributed by atoms with Crippen molar-refractivity contribution in [2.75, 3.05) is 18.4 Å². The highest BCUT2D eigenvalue weighted by molar-refractivity contribution is 7.71. The van der Waals surface area contributed by atoms with Gasteiger partial charge in [0.05, 0.1) is 18.7 Å². The van der Waals surface area contributed by atoms with Gasteiger partial charge in [0.2, 0.25) is 5.91 Å². The maximum Gasteiger partial charge on any atom is 0.227 e. The molecule has 27 heavy (non-hydrogen) atoms. The van der Waals surface area contributed by atoms with E-state index < -0.39 is 0 Å². The van der Waals surface area contributed by atoms with Crippen LogP contribution in [0.1, 0.15) is 29.7 Å². The number of nitrogens with zero attached hydrogens (tertiary/aromatic N) is 2. The Morgan fingerprint density at radius 3 is 2.59 bits per heavy atom. The predicted molar refractivity (Wildman–Crippen MR) is 108 cm³/mol. The molecule has 2 heterocycles. The number of hydrogen-bond acceptors (Lipinski definition) is 3. The van der Waals surface area contributed by atoms with Crippen molar-refractivity contribution >= 4 is 23.8 Å². The highest BCUT2D eigenvalue weighted by atomic mass is 32.1. The molecule has 1 saturated heterocycles. The first-order chi connectivity index (χ1) is 13.0. The zero-order valence-corrected chi connectivity index (χ0v) is 16.6. The normalized spacial score (nSPS) is 19.3.